The summed E-state index contributed by atoms with van der Waals surface area (Å²) in [6.07, 6.45) is 10.4. The minimum absolute atomic E-state index is 0.382. The maximum atomic E-state index is 10.0. The van der Waals surface area contributed by atoms with Crippen LogP contribution in [-0.4, -0.2) is 31.1 Å². The van der Waals surface area contributed by atoms with Gasteiger partial charge in [-0.3, -0.25) is 0 Å². The standard InChI is InChI=1S/C22H30N2O/c1-25-21-5-3-2-4-20(21)22(16-23)10-12-24(13-11-22)19-9-8-17-6-7-18(14-17)15-19/h2-5,17-19H,6-15H2,1H3. The molecule has 0 amide bonds. The SMILES string of the molecule is COc1ccccc1C1(C#N)CCN(C2CCC3CCC(C3)C2)CC1. The van der Waals surface area contributed by atoms with Crippen molar-refractivity contribution >= 4 is 0 Å². The van der Waals surface area contributed by atoms with Crippen LogP contribution in [0.5, 0.6) is 5.75 Å². The summed E-state index contributed by atoms with van der Waals surface area (Å²) in [4.78, 5) is 2.70. The van der Waals surface area contributed by atoms with Gasteiger partial charge in [0, 0.05) is 24.7 Å². The van der Waals surface area contributed by atoms with Crippen molar-refractivity contribution < 1.29 is 4.74 Å². The van der Waals surface area contributed by atoms with E-state index in [1.807, 2.05) is 18.2 Å². The van der Waals surface area contributed by atoms with Gasteiger partial charge >= 0.3 is 0 Å². The molecule has 3 fully saturated rings. The minimum atomic E-state index is -0.382. The molecule has 25 heavy (non-hydrogen) atoms. The predicted molar refractivity (Wildman–Crippen MR) is 99.6 cm³/mol. The highest BCUT2D eigenvalue weighted by Crippen LogP contribution is 2.44. The lowest BCUT2D eigenvalue weighted by Crippen LogP contribution is -2.47. The molecular weight excluding hydrogens is 308 g/mol. The smallest absolute Gasteiger partial charge is 0.123 e. The van der Waals surface area contributed by atoms with Crippen molar-refractivity contribution in [2.75, 3.05) is 20.2 Å². The first-order valence-corrected chi connectivity index (χ1v) is 10.0. The van der Waals surface area contributed by atoms with Crippen LogP contribution in [0.3, 0.4) is 0 Å². The second kappa shape index (κ2) is 7.00. The van der Waals surface area contributed by atoms with Gasteiger partial charge in [0.25, 0.3) is 0 Å². The molecule has 0 radical (unpaired) electrons. The number of fused-ring (bicyclic) bond motifs is 2. The van der Waals surface area contributed by atoms with Crippen LogP contribution in [-0.2, 0) is 5.41 Å². The Balaban J connectivity index is 1.47. The van der Waals surface area contributed by atoms with Crippen molar-refractivity contribution in [3.8, 4) is 11.8 Å². The summed E-state index contributed by atoms with van der Waals surface area (Å²) in [5.74, 6) is 2.84. The number of likely N-dealkylation sites (tertiary alicyclic amines) is 1. The molecular formula is C22H30N2O. The van der Waals surface area contributed by atoms with Crippen LogP contribution in [0.15, 0.2) is 24.3 Å². The Morgan fingerprint density at radius 1 is 1.04 bits per heavy atom. The Labute approximate surface area is 152 Å². The second-order valence-corrected chi connectivity index (χ2v) is 8.44. The molecule has 1 saturated heterocycles. The van der Waals surface area contributed by atoms with Crippen LogP contribution in [0, 0.1) is 23.2 Å². The Bertz CT molecular complexity index is 642. The molecule has 2 saturated carbocycles. The van der Waals surface area contributed by atoms with E-state index >= 15 is 0 Å². The topological polar surface area (TPSA) is 36.3 Å². The van der Waals surface area contributed by atoms with Gasteiger partial charge in [0.1, 0.15) is 5.75 Å². The second-order valence-electron chi connectivity index (χ2n) is 8.44. The largest absolute Gasteiger partial charge is 0.496 e. The molecule has 3 atom stereocenters. The summed E-state index contributed by atoms with van der Waals surface area (Å²) in [5, 5.41) is 10.0. The summed E-state index contributed by atoms with van der Waals surface area (Å²) in [6, 6.07) is 11.5. The lowest BCUT2D eigenvalue weighted by molar-refractivity contribution is 0.110. The number of piperidine rings is 1. The van der Waals surface area contributed by atoms with E-state index in [9.17, 15) is 5.26 Å². The van der Waals surface area contributed by atoms with Crippen molar-refractivity contribution in [1.29, 1.82) is 5.26 Å². The number of nitriles is 1. The van der Waals surface area contributed by atoms with Gasteiger partial charge < -0.3 is 9.64 Å². The average molecular weight is 338 g/mol. The molecule has 3 aliphatic rings. The molecule has 2 bridgehead atoms. The fourth-order valence-electron chi connectivity index (χ4n) is 5.67. The molecule has 4 rings (SSSR count). The molecule has 2 aliphatic carbocycles. The third-order valence-corrected chi connectivity index (χ3v) is 7.17. The van der Waals surface area contributed by atoms with Crippen molar-refractivity contribution in [3.05, 3.63) is 29.8 Å². The number of methoxy groups -OCH3 is 1. The fourth-order valence-corrected chi connectivity index (χ4v) is 5.67. The normalized spacial score (nSPS) is 31.9. The maximum absolute atomic E-state index is 10.0. The molecule has 1 aromatic rings. The summed E-state index contributed by atoms with van der Waals surface area (Å²) in [5.41, 5.74) is 0.701. The summed E-state index contributed by atoms with van der Waals surface area (Å²) in [6.45, 7) is 2.10. The van der Waals surface area contributed by atoms with Gasteiger partial charge in [-0.2, -0.15) is 5.26 Å². The van der Waals surface area contributed by atoms with E-state index < -0.39 is 0 Å². The third kappa shape index (κ3) is 3.17. The molecule has 1 heterocycles. The van der Waals surface area contributed by atoms with Crippen LogP contribution >= 0.6 is 0 Å². The molecule has 1 aromatic carbocycles. The van der Waals surface area contributed by atoms with Crippen molar-refractivity contribution in [1.82, 2.24) is 4.90 Å². The lowest BCUT2D eigenvalue weighted by Gasteiger charge is -2.42. The molecule has 134 valence electrons. The average Bonchev–Trinajstić information content (AvgIpc) is 3.01. The fraction of sp³-hybridized carbons (Fsp3) is 0.682. The van der Waals surface area contributed by atoms with Crippen molar-refractivity contribution in [3.63, 3.8) is 0 Å². The zero-order valence-corrected chi connectivity index (χ0v) is 15.4. The number of rotatable bonds is 3. The Morgan fingerprint density at radius 2 is 1.76 bits per heavy atom. The Morgan fingerprint density at radius 3 is 2.52 bits per heavy atom. The molecule has 3 unspecified atom stereocenters. The Hall–Kier alpha value is -1.53. The Kier molecular flexibility index (Phi) is 4.73. The zero-order chi connectivity index (χ0) is 17.3. The van der Waals surface area contributed by atoms with Crippen LogP contribution < -0.4 is 4.74 Å². The summed E-state index contributed by atoms with van der Waals surface area (Å²) in [7, 11) is 1.71. The molecule has 3 heteroatoms. The van der Waals surface area contributed by atoms with Gasteiger partial charge in [-0.25, -0.2) is 0 Å². The number of benzene rings is 1. The van der Waals surface area contributed by atoms with Gasteiger partial charge in [0.15, 0.2) is 0 Å². The lowest BCUT2D eigenvalue weighted by atomic mass is 9.73. The summed E-state index contributed by atoms with van der Waals surface area (Å²) < 4.78 is 5.55. The number of nitrogens with zero attached hydrogens (tertiary/aromatic N) is 2. The first-order chi connectivity index (χ1) is 12.2. The van der Waals surface area contributed by atoms with Gasteiger partial charge in [-0.1, -0.05) is 31.0 Å². The first kappa shape index (κ1) is 16.9. The number of ether oxygens (including phenoxy) is 1. The van der Waals surface area contributed by atoms with Gasteiger partial charge in [0.05, 0.1) is 18.6 Å². The monoisotopic (exact) mass is 338 g/mol. The van der Waals surface area contributed by atoms with Crippen LogP contribution in [0.1, 0.15) is 56.9 Å². The van der Waals surface area contributed by atoms with E-state index in [0.29, 0.717) is 0 Å². The van der Waals surface area contributed by atoms with E-state index in [2.05, 4.69) is 17.0 Å². The number of para-hydroxylation sites is 1. The van der Waals surface area contributed by atoms with Gasteiger partial charge in [-0.05, 0) is 56.4 Å². The van der Waals surface area contributed by atoms with E-state index in [1.54, 1.807) is 7.11 Å². The molecule has 0 aromatic heterocycles. The third-order valence-electron chi connectivity index (χ3n) is 7.17. The highest BCUT2D eigenvalue weighted by Gasteiger charge is 2.41. The number of hydrogen-bond donors (Lipinski definition) is 0. The van der Waals surface area contributed by atoms with E-state index in [1.165, 1.54) is 38.5 Å². The van der Waals surface area contributed by atoms with Crippen LogP contribution in [0.4, 0.5) is 0 Å². The molecule has 3 nitrogen and oxygen atoms in total. The van der Waals surface area contributed by atoms with Crippen molar-refractivity contribution in [2.45, 2.75) is 62.8 Å². The highest BCUT2D eigenvalue weighted by atomic mass is 16.5. The quantitative estimate of drug-likeness (QED) is 0.813. The van der Waals surface area contributed by atoms with E-state index in [-0.39, 0.29) is 5.41 Å². The van der Waals surface area contributed by atoms with Gasteiger partial charge in [-0.15, -0.1) is 0 Å². The summed E-state index contributed by atoms with van der Waals surface area (Å²) >= 11 is 0. The minimum Gasteiger partial charge on any atom is -0.496 e. The van der Waals surface area contributed by atoms with E-state index in [0.717, 1.165) is 55.1 Å². The van der Waals surface area contributed by atoms with Gasteiger partial charge in [0.2, 0.25) is 0 Å². The van der Waals surface area contributed by atoms with E-state index in [4.69, 9.17) is 4.74 Å². The highest BCUT2D eigenvalue weighted by molar-refractivity contribution is 5.44. The molecule has 0 N–H and O–H groups in total. The van der Waals surface area contributed by atoms with Crippen LogP contribution in [0.2, 0.25) is 0 Å². The maximum Gasteiger partial charge on any atom is 0.123 e. The molecule has 0 spiro atoms. The number of hydrogen-bond acceptors (Lipinski definition) is 3. The zero-order valence-electron chi connectivity index (χ0n) is 15.4. The van der Waals surface area contributed by atoms with Crippen LogP contribution in [0.25, 0.3) is 0 Å². The predicted octanol–water partition coefficient (Wildman–Crippen LogP) is 4.52. The first-order valence-electron chi connectivity index (χ1n) is 10.0. The van der Waals surface area contributed by atoms with Crippen molar-refractivity contribution in [2.24, 2.45) is 11.8 Å². The molecule has 1 aliphatic heterocycles.